The van der Waals surface area contributed by atoms with Crippen molar-refractivity contribution in [3.05, 3.63) is 39.8 Å². The van der Waals surface area contributed by atoms with Crippen LogP contribution in [0.25, 0.3) is 0 Å². The van der Waals surface area contributed by atoms with Crippen molar-refractivity contribution in [2.24, 2.45) is 0 Å². The third kappa shape index (κ3) is 4.05. The number of amides is 1. The van der Waals surface area contributed by atoms with Gasteiger partial charge in [0.15, 0.2) is 0 Å². The van der Waals surface area contributed by atoms with E-state index in [1.807, 2.05) is 24.0 Å². The highest BCUT2D eigenvalue weighted by Crippen LogP contribution is 2.18. The molecule has 3 rings (SSSR count). The Kier molecular flexibility index (Phi) is 4.88. The second-order valence-electron chi connectivity index (χ2n) is 5.78. The number of anilines is 1. The SMILES string of the molecule is Cc1ccc(C(=O)N2CCCN(Cc3cnc(N)nc3)CC2)s1. The Morgan fingerprint density at radius 1 is 1.22 bits per heavy atom. The molecule has 6 nitrogen and oxygen atoms in total. The van der Waals surface area contributed by atoms with Crippen LogP contribution in [0.2, 0.25) is 0 Å². The zero-order valence-corrected chi connectivity index (χ0v) is 14.1. The van der Waals surface area contributed by atoms with E-state index in [1.54, 1.807) is 23.7 Å². The Morgan fingerprint density at radius 2 is 2.00 bits per heavy atom. The van der Waals surface area contributed by atoms with Crippen molar-refractivity contribution in [3.63, 3.8) is 0 Å². The van der Waals surface area contributed by atoms with Crippen molar-refractivity contribution < 1.29 is 4.79 Å². The summed E-state index contributed by atoms with van der Waals surface area (Å²) in [5.41, 5.74) is 6.56. The number of aromatic nitrogens is 2. The van der Waals surface area contributed by atoms with E-state index in [0.717, 1.165) is 49.6 Å². The summed E-state index contributed by atoms with van der Waals surface area (Å²) in [6.45, 7) is 6.22. The van der Waals surface area contributed by atoms with Crippen molar-refractivity contribution in [1.82, 2.24) is 19.8 Å². The van der Waals surface area contributed by atoms with E-state index >= 15 is 0 Å². The van der Waals surface area contributed by atoms with E-state index in [0.29, 0.717) is 5.95 Å². The first-order valence-electron chi connectivity index (χ1n) is 7.76. The molecule has 0 aromatic carbocycles. The highest BCUT2D eigenvalue weighted by molar-refractivity contribution is 7.13. The molecule has 1 amide bonds. The smallest absolute Gasteiger partial charge is 0.263 e. The normalized spacial score (nSPS) is 16.3. The van der Waals surface area contributed by atoms with Crippen LogP contribution in [0, 0.1) is 6.92 Å². The fourth-order valence-electron chi connectivity index (χ4n) is 2.74. The summed E-state index contributed by atoms with van der Waals surface area (Å²) >= 11 is 1.57. The molecular weight excluding hydrogens is 310 g/mol. The number of aryl methyl sites for hydroxylation is 1. The highest BCUT2D eigenvalue weighted by Gasteiger charge is 2.21. The molecule has 0 atom stereocenters. The summed E-state index contributed by atoms with van der Waals surface area (Å²) in [5.74, 6) is 0.452. The van der Waals surface area contributed by atoms with Gasteiger partial charge in [-0.05, 0) is 25.5 Å². The minimum absolute atomic E-state index is 0.153. The van der Waals surface area contributed by atoms with E-state index in [2.05, 4.69) is 14.9 Å². The minimum atomic E-state index is 0.153. The maximum atomic E-state index is 12.6. The lowest BCUT2D eigenvalue weighted by Gasteiger charge is -2.21. The van der Waals surface area contributed by atoms with Crippen LogP contribution in [0.3, 0.4) is 0 Å². The second kappa shape index (κ2) is 7.06. The molecule has 1 aliphatic heterocycles. The van der Waals surface area contributed by atoms with E-state index in [1.165, 1.54) is 4.88 Å². The van der Waals surface area contributed by atoms with Crippen LogP contribution in [0.15, 0.2) is 24.5 Å². The molecule has 0 saturated carbocycles. The van der Waals surface area contributed by atoms with Crippen LogP contribution < -0.4 is 5.73 Å². The quantitative estimate of drug-likeness (QED) is 0.928. The first-order chi connectivity index (χ1) is 11.1. The largest absolute Gasteiger partial charge is 0.368 e. The van der Waals surface area contributed by atoms with E-state index in [4.69, 9.17) is 5.73 Å². The zero-order valence-electron chi connectivity index (χ0n) is 13.2. The number of nitrogens with two attached hydrogens (primary N) is 1. The Hall–Kier alpha value is -1.99. The molecule has 2 aromatic rings. The van der Waals surface area contributed by atoms with Gasteiger partial charge in [-0.3, -0.25) is 9.69 Å². The van der Waals surface area contributed by atoms with Crippen LogP contribution in [0.1, 0.15) is 26.5 Å². The van der Waals surface area contributed by atoms with Crippen molar-refractivity contribution in [2.45, 2.75) is 19.9 Å². The van der Waals surface area contributed by atoms with Gasteiger partial charge in [0.05, 0.1) is 4.88 Å². The Labute approximate surface area is 140 Å². The molecule has 3 heterocycles. The van der Waals surface area contributed by atoms with E-state index < -0.39 is 0 Å². The molecule has 0 spiro atoms. The molecule has 1 fully saturated rings. The topological polar surface area (TPSA) is 75.4 Å². The van der Waals surface area contributed by atoms with Crippen molar-refractivity contribution in [1.29, 1.82) is 0 Å². The molecule has 0 radical (unpaired) electrons. The van der Waals surface area contributed by atoms with Crippen molar-refractivity contribution in [2.75, 3.05) is 31.9 Å². The molecule has 23 heavy (non-hydrogen) atoms. The standard InChI is InChI=1S/C16H21N5OS/c1-12-3-4-14(23-12)15(22)21-6-2-5-20(7-8-21)11-13-9-18-16(17)19-10-13/h3-4,9-10H,2,5-8,11H2,1H3,(H2,17,18,19). The molecular formula is C16H21N5OS. The number of hydrogen-bond acceptors (Lipinski definition) is 6. The van der Waals surface area contributed by atoms with E-state index in [-0.39, 0.29) is 5.91 Å². The third-order valence-electron chi connectivity index (χ3n) is 3.96. The predicted molar refractivity (Wildman–Crippen MR) is 91.3 cm³/mol. The summed E-state index contributed by atoms with van der Waals surface area (Å²) in [5, 5.41) is 0. The summed E-state index contributed by atoms with van der Waals surface area (Å²) in [7, 11) is 0. The molecule has 1 saturated heterocycles. The number of thiophene rings is 1. The third-order valence-corrected chi connectivity index (χ3v) is 4.95. The van der Waals surface area contributed by atoms with Gasteiger partial charge in [0.2, 0.25) is 5.95 Å². The van der Waals surface area contributed by atoms with Gasteiger partial charge in [-0.15, -0.1) is 11.3 Å². The van der Waals surface area contributed by atoms with Gasteiger partial charge >= 0.3 is 0 Å². The van der Waals surface area contributed by atoms with Crippen molar-refractivity contribution in [3.8, 4) is 0 Å². The highest BCUT2D eigenvalue weighted by atomic mass is 32.1. The molecule has 7 heteroatoms. The van der Waals surface area contributed by atoms with E-state index in [9.17, 15) is 4.79 Å². The number of carbonyl (C=O) groups excluding carboxylic acids is 1. The van der Waals surface area contributed by atoms with Gasteiger partial charge in [0, 0.05) is 55.6 Å². The van der Waals surface area contributed by atoms with Gasteiger partial charge in [0.1, 0.15) is 0 Å². The molecule has 0 unspecified atom stereocenters. The maximum absolute atomic E-state index is 12.6. The lowest BCUT2D eigenvalue weighted by Crippen LogP contribution is -2.34. The molecule has 0 aliphatic carbocycles. The first kappa shape index (κ1) is 15.9. The molecule has 0 bridgehead atoms. The number of rotatable bonds is 3. The Bertz CT molecular complexity index is 669. The summed E-state index contributed by atoms with van der Waals surface area (Å²) in [4.78, 5) is 26.9. The Morgan fingerprint density at radius 3 is 2.70 bits per heavy atom. The van der Waals surface area contributed by atoms with Gasteiger partial charge in [-0.1, -0.05) is 0 Å². The summed E-state index contributed by atoms with van der Waals surface area (Å²) < 4.78 is 0. The van der Waals surface area contributed by atoms with Crippen LogP contribution in [-0.4, -0.2) is 51.9 Å². The molecule has 2 N–H and O–H groups in total. The summed E-state index contributed by atoms with van der Waals surface area (Å²) in [6, 6.07) is 3.93. The second-order valence-corrected chi connectivity index (χ2v) is 7.07. The molecule has 2 aromatic heterocycles. The number of nitrogen functional groups attached to an aromatic ring is 1. The average Bonchev–Trinajstić information content (AvgIpc) is 2.84. The van der Waals surface area contributed by atoms with Crippen LogP contribution in [0.4, 0.5) is 5.95 Å². The zero-order chi connectivity index (χ0) is 16.2. The van der Waals surface area contributed by atoms with Gasteiger partial charge in [0.25, 0.3) is 5.91 Å². The van der Waals surface area contributed by atoms with Gasteiger partial charge in [-0.25, -0.2) is 9.97 Å². The monoisotopic (exact) mass is 331 g/mol. The molecule has 1 aliphatic rings. The number of nitrogens with zero attached hydrogens (tertiary/aromatic N) is 4. The lowest BCUT2D eigenvalue weighted by molar-refractivity contribution is 0.0766. The number of hydrogen-bond donors (Lipinski definition) is 1. The lowest BCUT2D eigenvalue weighted by atomic mass is 10.3. The Balaban J connectivity index is 1.58. The van der Waals surface area contributed by atoms with Crippen LogP contribution >= 0.6 is 11.3 Å². The van der Waals surface area contributed by atoms with Crippen molar-refractivity contribution >= 4 is 23.2 Å². The maximum Gasteiger partial charge on any atom is 0.263 e. The van der Waals surface area contributed by atoms with Crippen LogP contribution in [0.5, 0.6) is 0 Å². The predicted octanol–water partition coefficient (Wildman–Crippen LogP) is 1.78. The first-order valence-corrected chi connectivity index (χ1v) is 8.58. The fraction of sp³-hybridized carbons (Fsp3) is 0.438. The van der Waals surface area contributed by atoms with Gasteiger partial charge < -0.3 is 10.6 Å². The minimum Gasteiger partial charge on any atom is -0.368 e. The number of carbonyl (C=O) groups is 1. The average molecular weight is 331 g/mol. The van der Waals surface area contributed by atoms with Crippen LogP contribution in [-0.2, 0) is 6.54 Å². The fourth-order valence-corrected chi connectivity index (χ4v) is 3.58. The van der Waals surface area contributed by atoms with Gasteiger partial charge in [-0.2, -0.15) is 0 Å². The summed E-state index contributed by atoms with van der Waals surface area (Å²) in [6.07, 6.45) is 4.51. The molecule has 122 valence electrons.